The average Bonchev–Trinajstić information content (AvgIpc) is 3.33. The van der Waals surface area contributed by atoms with Crippen LogP contribution >= 0.6 is 0 Å². The number of benzene rings is 2. The van der Waals surface area contributed by atoms with Crippen molar-refractivity contribution in [3.05, 3.63) is 71.5 Å². The molecule has 0 atom stereocenters. The molecule has 202 valence electrons. The zero-order valence-corrected chi connectivity index (χ0v) is 21.3. The van der Waals surface area contributed by atoms with E-state index < -0.39 is 41.5 Å². The molecule has 3 N–H and O–H groups in total. The third-order valence-corrected chi connectivity index (χ3v) is 5.53. The Labute approximate surface area is 217 Å². The van der Waals surface area contributed by atoms with Crippen molar-refractivity contribution < 1.29 is 32.3 Å². The zero-order chi connectivity index (χ0) is 28.3. The van der Waals surface area contributed by atoms with Gasteiger partial charge in [-0.15, -0.1) is 0 Å². The second-order valence-electron chi connectivity index (χ2n) is 9.43. The number of nitrogens with two attached hydrogens (primary N) is 1. The van der Waals surface area contributed by atoms with Gasteiger partial charge in [0.15, 0.2) is 5.78 Å². The van der Waals surface area contributed by atoms with Gasteiger partial charge >= 0.3 is 12.3 Å². The molecule has 0 unspecified atom stereocenters. The molecule has 9 nitrogen and oxygen atoms in total. The molecule has 0 bridgehead atoms. The number of rotatable bonds is 9. The number of hydrogen-bond acceptors (Lipinski definition) is 6. The van der Waals surface area contributed by atoms with Crippen LogP contribution in [0.25, 0.3) is 5.69 Å². The van der Waals surface area contributed by atoms with Gasteiger partial charge < -0.3 is 20.7 Å². The number of carbonyl (C=O) groups excluding carboxylic acids is 3. The second-order valence-corrected chi connectivity index (χ2v) is 9.43. The molecule has 1 aromatic heterocycles. The highest BCUT2D eigenvalue weighted by Gasteiger charge is 2.36. The van der Waals surface area contributed by atoms with Crippen molar-refractivity contribution in [2.75, 3.05) is 24.3 Å². The number of halogens is 3. The highest BCUT2D eigenvalue weighted by molar-refractivity contribution is 6.11. The Morgan fingerprint density at radius 1 is 1.11 bits per heavy atom. The predicted molar refractivity (Wildman–Crippen MR) is 135 cm³/mol. The summed E-state index contributed by atoms with van der Waals surface area (Å²) < 4.78 is 48.2. The monoisotopic (exact) mass is 531 g/mol. The fourth-order valence-corrected chi connectivity index (χ4v) is 3.94. The number of carbonyl (C=O) groups is 3. The Kier molecular flexibility index (Phi) is 8.13. The molecule has 0 saturated heterocycles. The van der Waals surface area contributed by atoms with Crippen molar-refractivity contribution in [1.82, 2.24) is 9.78 Å². The SMILES string of the molecule is CN(C)c1cc(CC(C)(C)OC(N)=O)c(NC(=O)CC(=O)c2cccc(-n3cccn3)c2)cc1C(F)(F)F. The Balaban J connectivity index is 1.92. The maximum atomic E-state index is 13.9. The number of hydrogen-bond donors (Lipinski definition) is 2. The van der Waals surface area contributed by atoms with E-state index in [0.717, 1.165) is 6.07 Å². The van der Waals surface area contributed by atoms with Gasteiger partial charge in [0, 0.05) is 49.8 Å². The normalized spacial score (nSPS) is 11.7. The van der Waals surface area contributed by atoms with Crippen LogP contribution in [0, 0.1) is 0 Å². The smallest absolute Gasteiger partial charge is 0.418 e. The quantitative estimate of drug-likeness (QED) is 0.308. The van der Waals surface area contributed by atoms with Gasteiger partial charge in [-0.3, -0.25) is 9.59 Å². The van der Waals surface area contributed by atoms with Gasteiger partial charge in [-0.05, 0) is 49.7 Å². The number of amides is 2. The van der Waals surface area contributed by atoms with E-state index in [4.69, 9.17) is 10.5 Å². The number of nitrogens with one attached hydrogen (secondary N) is 1. The first-order chi connectivity index (χ1) is 17.7. The molecule has 0 fully saturated rings. The third kappa shape index (κ3) is 7.11. The van der Waals surface area contributed by atoms with Crippen LogP contribution in [0.5, 0.6) is 0 Å². The summed E-state index contributed by atoms with van der Waals surface area (Å²) in [5, 5.41) is 6.54. The molecular weight excluding hydrogens is 503 g/mol. The molecule has 12 heteroatoms. The van der Waals surface area contributed by atoms with E-state index in [1.54, 1.807) is 41.3 Å². The van der Waals surface area contributed by atoms with E-state index in [1.165, 1.54) is 45.0 Å². The third-order valence-electron chi connectivity index (χ3n) is 5.53. The summed E-state index contributed by atoms with van der Waals surface area (Å²) in [5.74, 6) is -1.34. The summed E-state index contributed by atoms with van der Waals surface area (Å²) in [6, 6.07) is 10.3. The first kappa shape index (κ1) is 28.2. The van der Waals surface area contributed by atoms with E-state index in [1.807, 2.05) is 0 Å². The summed E-state index contributed by atoms with van der Waals surface area (Å²) >= 11 is 0. The van der Waals surface area contributed by atoms with Gasteiger partial charge in [0.1, 0.15) is 5.60 Å². The minimum atomic E-state index is -4.72. The number of ether oxygens (including phenoxy) is 1. The molecule has 0 spiro atoms. The lowest BCUT2D eigenvalue weighted by Gasteiger charge is -2.28. The topological polar surface area (TPSA) is 120 Å². The first-order valence-electron chi connectivity index (χ1n) is 11.5. The van der Waals surface area contributed by atoms with Gasteiger partial charge in [-0.25, -0.2) is 9.48 Å². The van der Waals surface area contributed by atoms with E-state index in [0.29, 0.717) is 5.69 Å². The number of alkyl halides is 3. The number of primary amides is 1. The summed E-state index contributed by atoms with van der Waals surface area (Å²) in [5.41, 5.74) is 3.75. The number of anilines is 2. The number of ketones is 1. The molecule has 38 heavy (non-hydrogen) atoms. The molecular formula is C26H28F3N5O4. The van der Waals surface area contributed by atoms with E-state index in [2.05, 4.69) is 10.4 Å². The second kappa shape index (κ2) is 11.0. The molecule has 0 aliphatic rings. The van der Waals surface area contributed by atoms with Gasteiger partial charge in [-0.1, -0.05) is 12.1 Å². The van der Waals surface area contributed by atoms with Crippen molar-refractivity contribution in [1.29, 1.82) is 0 Å². The van der Waals surface area contributed by atoms with Crippen LogP contribution in [0.2, 0.25) is 0 Å². The highest BCUT2D eigenvalue weighted by atomic mass is 19.4. The Morgan fingerprint density at radius 2 is 1.82 bits per heavy atom. The maximum absolute atomic E-state index is 13.9. The Bertz CT molecular complexity index is 1340. The lowest BCUT2D eigenvalue weighted by molar-refractivity contribution is -0.137. The molecule has 2 aromatic carbocycles. The van der Waals surface area contributed by atoms with E-state index in [-0.39, 0.29) is 28.9 Å². The Morgan fingerprint density at radius 3 is 2.39 bits per heavy atom. The van der Waals surface area contributed by atoms with Crippen LogP contribution in [0.4, 0.5) is 29.3 Å². The number of aromatic nitrogens is 2. The minimum absolute atomic E-state index is 0.0651. The van der Waals surface area contributed by atoms with Gasteiger partial charge in [-0.2, -0.15) is 18.3 Å². The fraction of sp³-hybridized carbons (Fsp3) is 0.308. The standard InChI is InChI=1S/C26H28F3N5O4/c1-25(2,38-24(30)37)15-17-12-21(33(3)4)19(26(27,28)29)13-20(17)32-23(36)14-22(35)16-7-5-8-18(11-16)34-10-6-9-31-34/h5-13H,14-15H2,1-4H3,(H2,30,37)(H,32,36). The summed E-state index contributed by atoms with van der Waals surface area (Å²) in [7, 11) is 2.90. The van der Waals surface area contributed by atoms with Gasteiger partial charge in [0.25, 0.3) is 0 Å². The summed E-state index contributed by atoms with van der Waals surface area (Å²) in [6.07, 6.45) is -3.18. The number of Topliss-reactive ketones (excluding diaryl/α,β-unsaturated/α-hetero) is 1. The summed E-state index contributed by atoms with van der Waals surface area (Å²) in [6.45, 7) is 3.07. The maximum Gasteiger partial charge on any atom is 0.418 e. The van der Waals surface area contributed by atoms with Crippen LogP contribution in [0.1, 0.15) is 41.8 Å². The highest BCUT2D eigenvalue weighted by Crippen LogP contribution is 2.40. The molecule has 0 radical (unpaired) electrons. The van der Waals surface area contributed by atoms with Gasteiger partial charge in [0.2, 0.25) is 5.91 Å². The molecule has 3 rings (SSSR count). The molecule has 2 amide bonds. The first-order valence-corrected chi connectivity index (χ1v) is 11.5. The molecule has 0 aliphatic heterocycles. The van der Waals surface area contributed by atoms with Crippen LogP contribution in [-0.4, -0.2) is 47.3 Å². The Hall–Kier alpha value is -4.35. The minimum Gasteiger partial charge on any atom is -0.443 e. The van der Waals surface area contributed by atoms with Gasteiger partial charge in [0.05, 0.1) is 17.7 Å². The molecule has 0 aliphatic carbocycles. The molecule has 0 saturated carbocycles. The van der Waals surface area contributed by atoms with Crippen molar-refractivity contribution in [3.8, 4) is 5.69 Å². The lowest BCUT2D eigenvalue weighted by Crippen LogP contribution is -2.34. The van der Waals surface area contributed by atoms with E-state index in [9.17, 15) is 27.6 Å². The largest absolute Gasteiger partial charge is 0.443 e. The van der Waals surface area contributed by atoms with Crippen molar-refractivity contribution in [2.24, 2.45) is 5.73 Å². The average molecular weight is 532 g/mol. The van der Waals surface area contributed by atoms with Crippen molar-refractivity contribution >= 4 is 29.2 Å². The number of nitrogens with zero attached hydrogens (tertiary/aromatic N) is 3. The fourth-order valence-electron chi connectivity index (χ4n) is 3.94. The van der Waals surface area contributed by atoms with Crippen molar-refractivity contribution in [3.63, 3.8) is 0 Å². The predicted octanol–water partition coefficient (Wildman–Crippen LogP) is 4.59. The molecule has 1 heterocycles. The van der Waals surface area contributed by atoms with Crippen LogP contribution < -0.4 is 16.0 Å². The molecule has 3 aromatic rings. The van der Waals surface area contributed by atoms with Crippen LogP contribution in [0.3, 0.4) is 0 Å². The zero-order valence-electron chi connectivity index (χ0n) is 21.3. The lowest BCUT2D eigenvalue weighted by atomic mass is 9.94. The van der Waals surface area contributed by atoms with Crippen molar-refractivity contribution in [2.45, 2.75) is 38.5 Å². The summed E-state index contributed by atoms with van der Waals surface area (Å²) in [4.78, 5) is 38.3. The van der Waals surface area contributed by atoms with E-state index >= 15 is 0 Å². The van der Waals surface area contributed by atoms with Crippen LogP contribution in [-0.2, 0) is 22.1 Å². The van der Waals surface area contributed by atoms with Crippen LogP contribution in [0.15, 0.2) is 54.9 Å².